The molecule has 1 aliphatic heterocycles. The van der Waals surface area contributed by atoms with Crippen LogP contribution in [0, 0.1) is 10.1 Å². The Kier molecular flexibility index (Phi) is 7.18. The van der Waals surface area contributed by atoms with Crippen LogP contribution in [0.15, 0.2) is 47.4 Å². The topological polar surface area (TPSA) is 131 Å². The van der Waals surface area contributed by atoms with Gasteiger partial charge in [-0.15, -0.1) is 0 Å². The maximum Gasteiger partial charge on any atom is 0.288 e. The fraction of sp³-hybridized carbons (Fsp3) is 0.222. The molecular formula is C18H17ClN4O6S2. The van der Waals surface area contributed by atoms with E-state index < -0.39 is 26.5 Å². The van der Waals surface area contributed by atoms with Crippen LogP contribution < -0.4 is 10.6 Å². The van der Waals surface area contributed by atoms with E-state index >= 15 is 0 Å². The highest BCUT2D eigenvalue weighted by molar-refractivity contribution is 7.89. The molecule has 1 amide bonds. The number of hydrogen-bond acceptors (Lipinski definition) is 7. The van der Waals surface area contributed by atoms with Crippen molar-refractivity contribution in [2.75, 3.05) is 31.6 Å². The van der Waals surface area contributed by atoms with Crippen LogP contribution in [-0.4, -0.2) is 55.0 Å². The van der Waals surface area contributed by atoms with E-state index in [9.17, 15) is 23.3 Å². The third-order valence-electron chi connectivity index (χ3n) is 4.35. The molecule has 1 saturated heterocycles. The second-order valence-corrected chi connectivity index (χ2v) is 9.13. The first-order valence-corrected chi connectivity index (χ1v) is 11.2. The zero-order chi connectivity index (χ0) is 22.6. The predicted molar refractivity (Wildman–Crippen MR) is 118 cm³/mol. The minimum Gasteiger partial charge on any atom is -0.379 e. The minimum absolute atomic E-state index is 0.00667. The summed E-state index contributed by atoms with van der Waals surface area (Å²) in [4.78, 5) is 22.7. The molecule has 2 aromatic carbocycles. The van der Waals surface area contributed by atoms with Gasteiger partial charge >= 0.3 is 0 Å². The van der Waals surface area contributed by atoms with Gasteiger partial charge in [0.2, 0.25) is 10.0 Å². The molecule has 3 rings (SSSR count). The zero-order valence-corrected chi connectivity index (χ0v) is 18.3. The third-order valence-corrected chi connectivity index (χ3v) is 6.79. The highest BCUT2D eigenvalue weighted by atomic mass is 35.5. The van der Waals surface area contributed by atoms with Gasteiger partial charge in [0.1, 0.15) is 5.02 Å². The molecule has 2 aromatic rings. The molecule has 1 aliphatic rings. The second kappa shape index (κ2) is 9.66. The van der Waals surface area contributed by atoms with E-state index in [2.05, 4.69) is 10.6 Å². The number of nitrogens with one attached hydrogen (secondary N) is 2. The number of anilines is 1. The van der Waals surface area contributed by atoms with Crippen LogP contribution in [0.25, 0.3) is 0 Å². The molecule has 0 saturated carbocycles. The minimum atomic E-state index is -3.62. The number of ether oxygens (including phenoxy) is 1. The number of rotatable bonds is 5. The van der Waals surface area contributed by atoms with Gasteiger partial charge in [0, 0.05) is 30.4 Å². The number of halogens is 1. The molecule has 31 heavy (non-hydrogen) atoms. The molecule has 0 spiro atoms. The molecule has 0 unspecified atom stereocenters. The number of amides is 1. The predicted octanol–water partition coefficient (Wildman–Crippen LogP) is 2.40. The van der Waals surface area contributed by atoms with Crippen molar-refractivity contribution >= 4 is 56.2 Å². The smallest absolute Gasteiger partial charge is 0.288 e. The average molecular weight is 485 g/mol. The van der Waals surface area contributed by atoms with Crippen molar-refractivity contribution in [3.05, 3.63) is 63.2 Å². The number of nitro groups is 1. The van der Waals surface area contributed by atoms with Crippen molar-refractivity contribution in [3.63, 3.8) is 0 Å². The Bertz CT molecular complexity index is 1120. The van der Waals surface area contributed by atoms with Gasteiger partial charge in [-0.25, -0.2) is 8.42 Å². The number of sulfonamides is 1. The molecular weight excluding hydrogens is 468 g/mol. The first kappa shape index (κ1) is 23.0. The van der Waals surface area contributed by atoms with Gasteiger partial charge in [-0.1, -0.05) is 11.6 Å². The molecule has 1 fully saturated rings. The lowest BCUT2D eigenvalue weighted by molar-refractivity contribution is -0.384. The van der Waals surface area contributed by atoms with Gasteiger partial charge < -0.3 is 10.1 Å². The second-order valence-electron chi connectivity index (χ2n) is 6.37. The van der Waals surface area contributed by atoms with Crippen molar-refractivity contribution in [1.82, 2.24) is 9.62 Å². The lowest BCUT2D eigenvalue weighted by Crippen LogP contribution is -2.40. The van der Waals surface area contributed by atoms with E-state index in [1.165, 1.54) is 40.7 Å². The standard InChI is InChI=1S/C18H17ClN4O6S2/c19-15-6-1-12(11-16(15)23(25)26)17(24)21-18(30)20-13-2-4-14(5-3-13)31(27,28)22-7-9-29-10-8-22/h1-6,11H,7-10H2,(H2,20,21,24,30). The maximum absolute atomic E-state index is 12.6. The van der Waals surface area contributed by atoms with E-state index in [1.54, 1.807) is 0 Å². The Hall–Kier alpha value is -2.64. The summed E-state index contributed by atoms with van der Waals surface area (Å²) in [6.45, 7) is 1.29. The SMILES string of the molecule is O=C(NC(=S)Nc1ccc(S(=O)(=O)N2CCOCC2)cc1)c1ccc(Cl)c([N+](=O)[O-])c1. The normalized spacial score (nSPS) is 14.6. The van der Waals surface area contributed by atoms with Crippen LogP contribution in [-0.2, 0) is 14.8 Å². The number of nitrogens with zero attached hydrogens (tertiary/aromatic N) is 2. The van der Waals surface area contributed by atoms with E-state index in [0.29, 0.717) is 32.0 Å². The van der Waals surface area contributed by atoms with Gasteiger partial charge in [0.15, 0.2) is 5.11 Å². The lowest BCUT2D eigenvalue weighted by atomic mass is 10.2. The summed E-state index contributed by atoms with van der Waals surface area (Å²) in [7, 11) is -3.62. The van der Waals surface area contributed by atoms with E-state index in [-0.39, 0.29) is 20.6 Å². The molecule has 164 valence electrons. The van der Waals surface area contributed by atoms with Gasteiger partial charge in [0.05, 0.1) is 23.0 Å². The highest BCUT2D eigenvalue weighted by Crippen LogP contribution is 2.25. The van der Waals surface area contributed by atoms with Crippen LogP contribution in [0.5, 0.6) is 0 Å². The van der Waals surface area contributed by atoms with Crippen molar-refractivity contribution in [1.29, 1.82) is 0 Å². The van der Waals surface area contributed by atoms with E-state index in [0.717, 1.165) is 6.07 Å². The van der Waals surface area contributed by atoms with Crippen LogP contribution in [0.1, 0.15) is 10.4 Å². The fourth-order valence-corrected chi connectivity index (χ4v) is 4.58. The summed E-state index contributed by atoms with van der Waals surface area (Å²) in [6.07, 6.45) is 0. The van der Waals surface area contributed by atoms with Crippen LogP contribution in [0.2, 0.25) is 5.02 Å². The third kappa shape index (κ3) is 5.54. The van der Waals surface area contributed by atoms with Gasteiger partial charge in [-0.05, 0) is 48.6 Å². The number of carbonyl (C=O) groups is 1. The molecule has 10 nitrogen and oxygen atoms in total. The number of benzene rings is 2. The maximum atomic E-state index is 12.6. The van der Waals surface area contributed by atoms with Crippen LogP contribution in [0.3, 0.4) is 0 Å². The average Bonchev–Trinajstić information content (AvgIpc) is 2.74. The van der Waals surface area contributed by atoms with Crippen LogP contribution >= 0.6 is 23.8 Å². The Morgan fingerprint density at radius 3 is 2.42 bits per heavy atom. The Morgan fingerprint density at radius 1 is 1.16 bits per heavy atom. The Labute approximate surface area is 188 Å². The number of carbonyl (C=O) groups excluding carboxylic acids is 1. The van der Waals surface area contributed by atoms with Crippen molar-refractivity contribution in [2.45, 2.75) is 4.90 Å². The number of morpholine rings is 1. The first-order chi connectivity index (χ1) is 14.7. The molecule has 2 N–H and O–H groups in total. The largest absolute Gasteiger partial charge is 0.379 e. The molecule has 1 heterocycles. The Balaban J connectivity index is 1.64. The molecule has 0 bridgehead atoms. The van der Waals surface area contributed by atoms with E-state index in [1.807, 2.05) is 0 Å². The molecule has 13 heteroatoms. The molecule has 0 atom stereocenters. The monoisotopic (exact) mass is 484 g/mol. The number of hydrogen-bond donors (Lipinski definition) is 2. The van der Waals surface area contributed by atoms with Crippen molar-refractivity contribution < 1.29 is 22.9 Å². The summed E-state index contributed by atoms with van der Waals surface area (Å²) in [5, 5.41) is 16.0. The molecule has 0 aliphatic carbocycles. The van der Waals surface area contributed by atoms with Crippen molar-refractivity contribution in [3.8, 4) is 0 Å². The van der Waals surface area contributed by atoms with Crippen LogP contribution in [0.4, 0.5) is 11.4 Å². The number of thiocarbonyl (C=S) groups is 1. The number of nitro benzene ring substituents is 1. The summed E-state index contributed by atoms with van der Waals surface area (Å²) < 4.78 is 31.8. The Morgan fingerprint density at radius 2 is 1.81 bits per heavy atom. The van der Waals surface area contributed by atoms with E-state index in [4.69, 9.17) is 28.6 Å². The van der Waals surface area contributed by atoms with Gasteiger partial charge in [-0.2, -0.15) is 4.31 Å². The highest BCUT2D eigenvalue weighted by Gasteiger charge is 2.26. The summed E-state index contributed by atoms with van der Waals surface area (Å²) >= 11 is 10.8. The lowest BCUT2D eigenvalue weighted by Gasteiger charge is -2.26. The molecule has 0 radical (unpaired) electrons. The zero-order valence-electron chi connectivity index (χ0n) is 15.9. The summed E-state index contributed by atoms with van der Waals surface area (Å²) in [6, 6.07) is 9.51. The summed E-state index contributed by atoms with van der Waals surface area (Å²) in [5.41, 5.74) is 0.0609. The molecule has 0 aromatic heterocycles. The van der Waals surface area contributed by atoms with Crippen molar-refractivity contribution in [2.24, 2.45) is 0 Å². The quantitative estimate of drug-likeness (QED) is 0.376. The van der Waals surface area contributed by atoms with Gasteiger partial charge in [-0.3, -0.25) is 20.2 Å². The summed E-state index contributed by atoms with van der Waals surface area (Å²) in [5.74, 6) is -0.663. The van der Waals surface area contributed by atoms with Gasteiger partial charge in [0.25, 0.3) is 11.6 Å². The first-order valence-electron chi connectivity index (χ1n) is 8.93. The fourth-order valence-electron chi connectivity index (χ4n) is 2.78.